The van der Waals surface area contributed by atoms with Crippen molar-refractivity contribution in [3.05, 3.63) is 29.3 Å². The summed E-state index contributed by atoms with van der Waals surface area (Å²) in [6, 6.07) is 7.44. The Balaban J connectivity index is 1.61. The molecule has 0 radical (unpaired) electrons. The second-order valence-electron chi connectivity index (χ2n) is 4.87. The van der Waals surface area contributed by atoms with E-state index in [9.17, 15) is 0 Å². The van der Waals surface area contributed by atoms with E-state index in [0.29, 0.717) is 0 Å². The zero-order chi connectivity index (χ0) is 10.8. The molecule has 1 saturated heterocycles. The highest BCUT2D eigenvalue weighted by atomic mass is 16.5. The highest BCUT2D eigenvalue weighted by Gasteiger charge is 2.15. The van der Waals surface area contributed by atoms with Crippen LogP contribution in [0.3, 0.4) is 0 Å². The summed E-state index contributed by atoms with van der Waals surface area (Å²) < 4.78 is 5.52. The Bertz CT molecular complexity index is 369. The summed E-state index contributed by atoms with van der Waals surface area (Å²) in [4.78, 5) is 0. The predicted octanol–water partition coefficient (Wildman–Crippen LogP) is 2.31. The summed E-state index contributed by atoms with van der Waals surface area (Å²) in [5, 5.41) is 3.55. The van der Waals surface area contributed by atoms with Crippen LogP contribution in [-0.2, 0) is 12.8 Å². The zero-order valence-electron chi connectivity index (χ0n) is 9.67. The number of fused-ring (bicyclic) bond motifs is 1. The van der Waals surface area contributed by atoms with Crippen LogP contribution in [0.15, 0.2) is 18.2 Å². The highest BCUT2D eigenvalue weighted by molar-refractivity contribution is 5.39. The Kier molecular flexibility index (Phi) is 2.83. The van der Waals surface area contributed by atoms with Gasteiger partial charge in [-0.2, -0.15) is 0 Å². The van der Waals surface area contributed by atoms with Crippen LogP contribution in [0.25, 0.3) is 0 Å². The lowest BCUT2D eigenvalue weighted by Gasteiger charge is -2.10. The molecular weight excluding hydrogens is 198 g/mol. The molecule has 86 valence electrons. The summed E-state index contributed by atoms with van der Waals surface area (Å²) in [6.45, 7) is 2.08. The fraction of sp³-hybridized carbons (Fsp3) is 0.571. The second kappa shape index (κ2) is 4.46. The topological polar surface area (TPSA) is 21.3 Å². The van der Waals surface area contributed by atoms with Gasteiger partial charge in [-0.05, 0) is 49.4 Å². The third kappa shape index (κ3) is 2.07. The Morgan fingerprint density at radius 3 is 3.25 bits per heavy atom. The van der Waals surface area contributed by atoms with Gasteiger partial charge in [0.25, 0.3) is 0 Å². The number of hydrogen-bond acceptors (Lipinski definition) is 2. The predicted molar refractivity (Wildman–Crippen MR) is 65.0 cm³/mol. The normalized spacial score (nSPS) is 23.1. The average molecular weight is 217 g/mol. The number of benzene rings is 1. The number of hydrogen-bond donors (Lipinski definition) is 1. The third-order valence-corrected chi connectivity index (χ3v) is 3.70. The van der Waals surface area contributed by atoms with Crippen LogP contribution in [0.5, 0.6) is 5.75 Å². The molecule has 0 amide bonds. The van der Waals surface area contributed by atoms with Gasteiger partial charge in [0, 0.05) is 12.5 Å². The van der Waals surface area contributed by atoms with Crippen molar-refractivity contribution in [3.8, 4) is 5.75 Å². The molecule has 16 heavy (non-hydrogen) atoms. The van der Waals surface area contributed by atoms with Gasteiger partial charge in [0.15, 0.2) is 0 Å². The maximum absolute atomic E-state index is 5.52. The number of rotatable bonds is 3. The number of ether oxygens (including phenoxy) is 1. The molecule has 1 N–H and O–H groups in total. The fourth-order valence-electron chi connectivity index (χ4n) is 2.74. The lowest BCUT2D eigenvalue weighted by Crippen LogP contribution is -2.21. The van der Waals surface area contributed by atoms with Crippen LogP contribution < -0.4 is 10.1 Å². The molecular formula is C14H19NO. The van der Waals surface area contributed by atoms with Gasteiger partial charge >= 0.3 is 0 Å². The first-order chi connectivity index (χ1) is 7.92. The molecule has 1 atom stereocenters. The lowest BCUT2D eigenvalue weighted by atomic mass is 10.0. The highest BCUT2D eigenvalue weighted by Crippen LogP contribution is 2.26. The molecule has 2 aliphatic heterocycles. The van der Waals surface area contributed by atoms with Crippen molar-refractivity contribution in [1.29, 1.82) is 0 Å². The maximum Gasteiger partial charge on any atom is 0.122 e. The van der Waals surface area contributed by atoms with Crippen molar-refractivity contribution in [2.45, 2.75) is 38.1 Å². The van der Waals surface area contributed by atoms with Crippen LogP contribution in [0.2, 0.25) is 0 Å². The minimum Gasteiger partial charge on any atom is -0.493 e. The molecule has 0 aliphatic carbocycles. The van der Waals surface area contributed by atoms with E-state index in [-0.39, 0.29) is 0 Å². The monoisotopic (exact) mass is 217 g/mol. The Hall–Kier alpha value is -1.02. The maximum atomic E-state index is 5.52. The molecule has 2 heterocycles. The van der Waals surface area contributed by atoms with E-state index >= 15 is 0 Å². The summed E-state index contributed by atoms with van der Waals surface area (Å²) in [5.74, 6) is 1.10. The van der Waals surface area contributed by atoms with Crippen molar-refractivity contribution in [1.82, 2.24) is 5.32 Å². The van der Waals surface area contributed by atoms with Gasteiger partial charge in [0.1, 0.15) is 5.75 Å². The van der Waals surface area contributed by atoms with E-state index in [1.54, 1.807) is 0 Å². The standard InChI is InChI=1S/C14H19NO/c1-2-13(15-8-1)5-3-11-4-6-14-12(10-11)7-9-16-14/h4,6,10,13,15H,1-3,5,7-9H2. The summed E-state index contributed by atoms with van der Waals surface area (Å²) >= 11 is 0. The third-order valence-electron chi connectivity index (χ3n) is 3.70. The zero-order valence-corrected chi connectivity index (χ0v) is 9.67. The van der Waals surface area contributed by atoms with Gasteiger partial charge in [-0.1, -0.05) is 12.1 Å². The largest absolute Gasteiger partial charge is 0.493 e. The molecule has 3 rings (SSSR count). The molecule has 1 unspecified atom stereocenters. The van der Waals surface area contributed by atoms with Gasteiger partial charge in [-0.15, -0.1) is 0 Å². The minimum absolute atomic E-state index is 0.754. The molecule has 0 aromatic heterocycles. The van der Waals surface area contributed by atoms with Crippen molar-refractivity contribution in [2.24, 2.45) is 0 Å². The van der Waals surface area contributed by atoms with Gasteiger partial charge in [-0.25, -0.2) is 0 Å². The Morgan fingerprint density at radius 2 is 2.38 bits per heavy atom. The van der Waals surface area contributed by atoms with E-state index in [0.717, 1.165) is 24.8 Å². The molecule has 1 aromatic carbocycles. The summed E-state index contributed by atoms with van der Waals surface area (Å²) in [5.41, 5.74) is 2.87. The Labute approximate surface area is 97.0 Å². The second-order valence-corrected chi connectivity index (χ2v) is 4.87. The molecule has 0 saturated carbocycles. The number of nitrogens with one attached hydrogen (secondary N) is 1. The van der Waals surface area contributed by atoms with Crippen LogP contribution >= 0.6 is 0 Å². The molecule has 2 aliphatic rings. The first-order valence-corrected chi connectivity index (χ1v) is 6.40. The molecule has 0 spiro atoms. The average Bonchev–Trinajstić information content (AvgIpc) is 2.97. The van der Waals surface area contributed by atoms with E-state index in [4.69, 9.17) is 4.74 Å². The summed E-state index contributed by atoms with van der Waals surface area (Å²) in [7, 11) is 0. The number of aryl methyl sites for hydroxylation is 1. The van der Waals surface area contributed by atoms with Gasteiger partial charge in [-0.3, -0.25) is 0 Å². The van der Waals surface area contributed by atoms with Crippen molar-refractivity contribution < 1.29 is 4.74 Å². The summed E-state index contributed by atoms with van der Waals surface area (Å²) in [6.07, 6.45) is 6.27. The van der Waals surface area contributed by atoms with Crippen molar-refractivity contribution >= 4 is 0 Å². The molecule has 0 bridgehead atoms. The molecule has 2 nitrogen and oxygen atoms in total. The van der Waals surface area contributed by atoms with Crippen molar-refractivity contribution in [3.63, 3.8) is 0 Å². The van der Waals surface area contributed by atoms with Crippen LogP contribution in [0.4, 0.5) is 0 Å². The van der Waals surface area contributed by atoms with Gasteiger partial charge in [0.05, 0.1) is 6.61 Å². The van der Waals surface area contributed by atoms with Crippen LogP contribution in [0, 0.1) is 0 Å². The molecule has 1 aromatic rings. The van der Waals surface area contributed by atoms with Crippen LogP contribution in [0.1, 0.15) is 30.4 Å². The van der Waals surface area contributed by atoms with Crippen molar-refractivity contribution in [2.75, 3.05) is 13.2 Å². The SMILES string of the molecule is c1cc2c(cc1CCC1CCCN1)CCO2. The molecule has 1 fully saturated rings. The quantitative estimate of drug-likeness (QED) is 0.839. The minimum atomic E-state index is 0.754. The fourth-order valence-corrected chi connectivity index (χ4v) is 2.74. The van der Waals surface area contributed by atoms with E-state index in [2.05, 4.69) is 23.5 Å². The Morgan fingerprint density at radius 1 is 1.38 bits per heavy atom. The van der Waals surface area contributed by atoms with E-state index in [1.807, 2.05) is 0 Å². The first kappa shape index (κ1) is 10.2. The smallest absolute Gasteiger partial charge is 0.122 e. The van der Waals surface area contributed by atoms with Crippen LogP contribution in [-0.4, -0.2) is 19.2 Å². The van der Waals surface area contributed by atoms with E-state index < -0.39 is 0 Å². The van der Waals surface area contributed by atoms with Gasteiger partial charge < -0.3 is 10.1 Å². The first-order valence-electron chi connectivity index (χ1n) is 6.40. The lowest BCUT2D eigenvalue weighted by molar-refractivity contribution is 0.357. The molecule has 2 heteroatoms. The van der Waals surface area contributed by atoms with Gasteiger partial charge in [0.2, 0.25) is 0 Å². The van der Waals surface area contributed by atoms with E-state index in [1.165, 1.54) is 43.4 Å².